The zero-order valence-electron chi connectivity index (χ0n) is 13.5. The highest BCUT2D eigenvalue weighted by Gasteiger charge is 2.12. The van der Waals surface area contributed by atoms with Gasteiger partial charge in [-0.05, 0) is 41.6 Å². The van der Waals surface area contributed by atoms with Crippen molar-refractivity contribution < 1.29 is 9.21 Å². The van der Waals surface area contributed by atoms with Crippen LogP contribution in [0.1, 0.15) is 12.5 Å². The molecular weight excluding hydrogens is 358 g/mol. The first-order chi connectivity index (χ1) is 12.1. The van der Waals surface area contributed by atoms with Gasteiger partial charge in [0.05, 0.1) is 6.42 Å². The number of nitrogens with zero attached hydrogens (tertiary/aromatic N) is 2. The second kappa shape index (κ2) is 8.18. The zero-order chi connectivity index (χ0) is 17.6. The number of carbonyl (C=O) groups is 1. The maximum atomic E-state index is 12.1. The molecule has 1 amide bonds. The van der Waals surface area contributed by atoms with Gasteiger partial charge in [0.2, 0.25) is 11.8 Å². The number of rotatable bonds is 6. The van der Waals surface area contributed by atoms with Crippen LogP contribution in [-0.2, 0) is 11.2 Å². The predicted molar refractivity (Wildman–Crippen MR) is 99.9 cm³/mol. The van der Waals surface area contributed by atoms with Gasteiger partial charge in [-0.25, -0.2) is 0 Å². The highest BCUT2D eigenvalue weighted by atomic mass is 35.5. The van der Waals surface area contributed by atoms with E-state index < -0.39 is 0 Å². The normalized spacial score (nSPS) is 10.6. The summed E-state index contributed by atoms with van der Waals surface area (Å²) in [5.41, 5.74) is 1.62. The van der Waals surface area contributed by atoms with Crippen molar-refractivity contribution >= 4 is 35.3 Å². The summed E-state index contributed by atoms with van der Waals surface area (Å²) in [6, 6.07) is 15.1. The van der Waals surface area contributed by atoms with Crippen molar-refractivity contribution in [2.75, 3.05) is 11.1 Å². The molecule has 0 aliphatic carbocycles. The SMILES string of the molecule is CCSc1ccc(CC(=O)Nc2nnc(-c3cccc(Cl)c3)o2)cc1. The molecule has 25 heavy (non-hydrogen) atoms. The number of amides is 1. The van der Waals surface area contributed by atoms with Gasteiger partial charge in [0, 0.05) is 15.5 Å². The molecule has 0 spiro atoms. The van der Waals surface area contributed by atoms with Crippen LogP contribution in [0.25, 0.3) is 11.5 Å². The Balaban J connectivity index is 1.61. The minimum absolute atomic E-state index is 0.0677. The summed E-state index contributed by atoms with van der Waals surface area (Å²) in [5, 5.41) is 11.0. The lowest BCUT2D eigenvalue weighted by Crippen LogP contribution is -2.14. The van der Waals surface area contributed by atoms with Gasteiger partial charge in [-0.1, -0.05) is 41.8 Å². The van der Waals surface area contributed by atoms with Gasteiger partial charge in [0.1, 0.15) is 0 Å². The van der Waals surface area contributed by atoms with Crippen LogP contribution in [0.3, 0.4) is 0 Å². The molecule has 0 atom stereocenters. The average Bonchev–Trinajstić information content (AvgIpc) is 3.05. The van der Waals surface area contributed by atoms with Gasteiger partial charge in [-0.15, -0.1) is 16.9 Å². The number of anilines is 1. The highest BCUT2D eigenvalue weighted by molar-refractivity contribution is 7.99. The van der Waals surface area contributed by atoms with E-state index >= 15 is 0 Å². The van der Waals surface area contributed by atoms with E-state index in [-0.39, 0.29) is 18.3 Å². The molecule has 1 heterocycles. The number of benzene rings is 2. The highest BCUT2D eigenvalue weighted by Crippen LogP contribution is 2.23. The Kier molecular flexibility index (Phi) is 5.73. The molecule has 2 aromatic carbocycles. The molecule has 0 saturated carbocycles. The van der Waals surface area contributed by atoms with Crippen LogP contribution < -0.4 is 5.32 Å². The Labute approximate surface area is 154 Å². The number of hydrogen-bond donors (Lipinski definition) is 1. The van der Waals surface area contributed by atoms with E-state index in [0.717, 1.165) is 11.3 Å². The van der Waals surface area contributed by atoms with Crippen molar-refractivity contribution in [3.63, 3.8) is 0 Å². The van der Waals surface area contributed by atoms with Crippen molar-refractivity contribution in [1.29, 1.82) is 0 Å². The standard InChI is InChI=1S/C18H16ClN3O2S/c1-2-25-15-8-6-12(7-9-15)10-16(23)20-18-22-21-17(24-18)13-4-3-5-14(19)11-13/h3-9,11H,2,10H2,1H3,(H,20,22,23). The molecule has 0 radical (unpaired) electrons. The molecule has 1 N–H and O–H groups in total. The number of halogens is 1. The Bertz CT molecular complexity index is 865. The van der Waals surface area contributed by atoms with Crippen LogP contribution in [0.2, 0.25) is 5.02 Å². The first kappa shape index (κ1) is 17.5. The third-order valence-corrected chi connectivity index (χ3v) is 4.47. The Morgan fingerprint density at radius 2 is 2.00 bits per heavy atom. The smallest absolute Gasteiger partial charge is 0.322 e. The molecule has 3 aromatic rings. The molecule has 128 valence electrons. The van der Waals surface area contributed by atoms with E-state index in [1.165, 1.54) is 4.90 Å². The summed E-state index contributed by atoms with van der Waals surface area (Å²) in [7, 11) is 0. The first-order valence-corrected chi connectivity index (χ1v) is 9.11. The number of aromatic nitrogens is 2. The molecule has 0 fully saturated rings. The molecule has 0 aliphatic rings. The number of thioether (sulfide) groups is 1. The molecule has 5 nitrogen and oxygen atoms in total. The Morgan fingerprint density at radius 3 is 2.72 bits per heavy atom. The Morgan fingerprint density at radius 1 is 1.20 bits per heavy atom. The maximum absolute atomic E-state index is 12.1. The number of hydrogen-bond acceptors (Lipinski definition) is 5. The van der Waals surface area contributed by atoms with Crippen LogP contribution in [-0.4, -0.2) is 21.9 Å². The van der Waals surface area contributed by atoms with Crippen molar-refractivity contribution in [1.82, 2.24) is 10.2 Å². The van der Waals surface area contributed by atoms with Crippen molar-refractivity contribution in [3.8, 4) is 11.5 Å². The maximum Gasteiger partial charge on any atom is 0.322 e. The second-order valence-electron chi connectivity index (χ2n) is 5.22. The molecule has 3 rings (SSSR count). The van der Waals surface area contributed by atoms with Crippen LogP contribution in [0.4, 0.5) is 6.01 Å². The molecule has 1 aromatic heterocycles. The first-order valence-electron chi connectivity index (χ1n) is 7.75. The fourth-order valence-electron chi connectivity index (χ4n) is 2.23. The summed E-state index contributed by atoms with van der Waals surface area (Å²) < 4.78 is 5.47. The average molecular weight is 374 g/mol. The monoisotopic (exact) mass is 373 g/mol. The molecular formula is C18H16ClN3O2S. The fraction of sp³-hybridized carbons (Fsp3) is 0.167. The lowest BCUT2D eigenvalue weighted by molar-refractivity contribution is -0.115. The van der Waals surface area contributed by atoms with E-state index in [9.17, 15) is 4.79 Å². The lowest BCUT2D eigenvalue weighted by atomic mass is 10.1. The van der Waals surface area contributed by atoms with Gasteiger partial charge in [0.15, 0.2) is 0 Å². The summed E-state index contributed by atoms with van der Waals surface area (Å²) in [6.07, 6.45) is 0.242. The van der Waals surface area contributed by atoms with E-state index in [2.05, 4.69) is 22.4 Å². The number of carbonyl (C=O) groups excluding carboxylic acids is 1. The van der Waals surface area contributed by atoms with Crippen molar-refractivity contribution in [2.24, 2.45) is 0 Å². The predicted octanol–water partition coefficient (Wildman–Crippen LogP) is 4.68. The van der Waals surface area contributed by atoms with E-state index in [1.807, 2.05) is 24.3 Å². The van der Waals surface area contributed by atoms with Gasteiger partial charge >= 0.3 is 6.01 Å². The van der Waals surface area contributed by atoms with Gasteiger partial charge in [-0.2, -0.15) is 0 Å². The van der Waals surface area contributed by atoms with Crippen molar-refractivity contribution in [2.45, 2.75) is 18.2 Å². The third-order valence-electron chi connectivity index (χ3n) is 3.34. The van der Waals surface area contributed by atoms with Gasteiger partial charge in [0.25, 0.3) is 0 Å². The van der Waals surface area contributed by atoms with E-state index in [1.54, 1.807) is 36.0 Å². The summed E-state index contributed by atoms with van der Waals surface area (Å²) in [5.74, 6) is 1.11. The summed E-state index contributed by atoms with van der Waals surface area (Å²) in [6.45, 7) is 2.11. The summed E-state index contributed by atoms with van der Waals surface area (Å²) in [4.78, 5) is 13.3. The van der Waals surface area contributed by atoms with E-state index in [4.69, 9.17) is 16.0 Å². The summed E-state index contributed by atoms with van der Waals surface area (Å²) >= 11 is 7.71. The van der Waals surface area contributed by atoms with Gasteiger partial charge in [-0.3, -0.25) is 10.1 Å². The van der Waals surface area contributed by atoms with Crippen LogP contribution in [0, 0.1) is 0 Å². The minimum Gasteiger partial charge on any atom is -0.403 e. The lowest BCUT2D eigenvalue weighted by Gasteiger charge is -2.03. The topological polar surface area (TPSA) is 68.0 Å². The third kappa shape index (κ3) is 4.84. The van der Waals surface area contributed by atoms with Crippen LogP contribution in [0.5, 0.6) is 0 Å². The zero-order valence-corrected chi connectivity index (χ0v) is 15.1. The minimum atomic E-state index is -0.211. The van der Waals surface area contributed by atoms with Crippen LogP contribution in [0.15, 0.2) is 57.8 Å². The quantitative estimate of drug-likeness (QED) is 0.635. The molecule has 7 heteroatoms. The number of nitrogens with one attached hydrogen (secondary N) is 1. The van der Waals surface area contributed by atoms with Crippen LogP contribution >= 0.6 is 23.4 Å². The largest absolute Gasteiger partial charge is 0.403 e. The fourth-order valence-corrected chi connectivity index (χ4v) is 3.08. The molecule has 0 unspecified atom stereocenters. The van der Waals surface area contributed by atoms with Gasteiger partial charge < -0.3 is 4.42 Å². The second-order valence-corrected chi connectivity index (χ2v) is 7.00. The van der Waals surface area contributed by atoms with Crippen molar-refractivity contribution in [3.05, 3.63) is 59.1 Å². The molecule has 0 bridgehead atoms. The Hall–Kier alpha value is -2.31. The molecule has 0 saturated heterocycles. The molecule has 0 aliphatic heterocycles. The van der Waals surface area contributed by atoms with E-state index in [0.29, 0.717) is 16.5 Å².